The zero-order valence-electron chi connectivity index (χ0n) is 23.0. The van der Waals surface area contributed by atoms with Gasteiger partial charge in [-0.2, -0.15) is 0 Å². The predicted molar refractivity (Wildman–Crippen MR) is 148 cm³/mol. The molecule has 6 nitrogen and oxygen atoms in total. The molecule has 200 valence electrons. The standard InChI is InChI=1S/C30H41NO5Si/c1-20(2)37(21(3)4,22(5)6)36-19-35-29(32)28-16-11-17-31(28)30(33)34-18-27-25-14-9-7-12-23(25)24-13-8-10-15-26(24)27/h7-10,12-15,20-22,27-28H,11,16-19H2,1-6H3/t28-/m0/s1. The van der Waals surface area contributed by atoms with Gasteiger partial charge in [0.1, 0.15) is 12.6 Å². The molecule has 1 aliphatic carbocycles. The predicted octanol–water partition coefficient (Wildman–Crippen LogP) is 7.09. The van der Waals surface area contributed by atoms with Gasteiger partial charge in [0.05, 0.1) is 0 Å². The summed E-state index contributed by atoms with van der Waals surface area (Å²) in [5.41, 5.74) is 5.90. The molecule has 2 aromatic rings. The van der Waals surface area contributed by atoms with Crippen LogP contribution in [0.4, 0.5) is 4.79 Å². The summed E-state index contributed by atoms with van der Waals surface area (Å²) in [6.45, 7) is 13.9. The van der Waals surface area contributed by atoms with Gasteiger partial charge in [0.25, 0.3) is 0 Å². The van der Waals surface area contributed by atoms with Crippen LogP contribution in [0.5, 0.6) is 0 Å². The van der Waals surface area contributed by atoms with Gasteiger partial charge in [-0.25, -0.2) is 9.59 Å². The van der Waals surface area contributed by atoms with Gasteiger partial charge >= 0.3 is 12.1 Å². The lowest BCUT2D eigenvalue weighted by atomic mass is 9.98. The lowest BCUT2D eigenvalue weighted by Crippen LogP contribution is -2.49. The van der Waals surface area contributed by atoms with E-state index in [1.165, 1.54) is 27.2 Å². The third-order valence-electron chi connectivity index (χ3n) is 8.31. The minimum absolute atomic E-state index is 0.0149. The molecule has 1 heterocycles. The SMILES string of the molecule is CC(C)[Si](OCOC(=O)[C@@H]1CCCN1C(=O)OCC1c2ccccc2-c2ccccc21)(C(C)C)C(C)C. The number of rotatable bonds is 9. The van der Waals surface area contributed by atoms with Gasteiger partial charge in [0, 0.05) is 12.5 Å². The van der Waals surface area contributed by atoms with Gasteiger partial charge in [-0.3, -0.25) is 4.90 Å². The number of fused-ring (bicyclic) bond motifs is 3. The summed E-state index contributed by atoms with van der Waals surface area (Å²) in [5, 5.41) is 0. The fourth-order valence-electron chi connectivity index (χ4n) is 6.69. The van der Waals surface area contributed by atoms with Crippen LogP contribution < -0.4 is 0 Å². The van der Waals surface area contributed by atoms with E-state index in [-0.39, 0.29) is 19.3 Å². The molecule has 1 amide bonds. The normalized spacial score (nSPS) is 17.4. The van der Waals surface area contributed by atoms with Crippen LogP contribution in [-0.2, 0) is 18.7 Å². The number of hydrogen-bond donors (Lipinski definition) is 0. The maximum atomic E-state index is 13.1. The van der Waals surface area contributed by atoms with Gasteiger partial charge < -0.3 is 13.9 Å². The lowest BCUT2D eigenvalue weighted by molar-refractivity contribution is -0.155. The number of benzene rings is 2. The average Bonchev–Trinajstić information content (AvgIpc) is 3.48. The minimum atomic E-state index is -2.14. The Bertz CT molecular complexity index is 1050. The van der Waals surface area contributed by atoms with Crippen molar-refractivity contribution in [2.24, 2.45) is 0 Å². The zero-order valence-corrected chi connectivity index (χ0v) is 24.0. The molecule has 2 aromatic carbocycles. The fourth-order valence-corrected chi connectivity index (χ4v) is 12.0. The number of carbonyl (C=O) groups excluding carboxylic acids is 2. The second kappa shape index (κ2) is 11.4. The van der Waals surface area contributed by atoms with E-state index in [0.717, 1.165) is 6.42 Å². The first-order chi connectivity index (χ1) is 17.7. The van der Waals surface area contributed by atoms with Crippen LogP contribution in [-0.4, -0.2) is 51.3 Å². The first-order valence-corrected chi connectivity index (χ1v) is 15.7. The third kappa shape index (κ3) is 5.21. The van der Waals surface area contributed by atoms with Crippen molar-refractivity contribution < 1.29 is 23.5 Å². The number of nitrogens with zero attached hydrogens (tertiary/aromatic N) is 1. The number of carbonyl (C=O) groups is 2. The van der Waals surface area contributed by atoms with Crippen molar-refractivity contribution in [1.29, 1.82) is 0 Å². The first kappa shape index (κ1) is 27.4. The number of amides is 1. The van der Waals surface area contributed by atoms with E-state index < -0.39 is 26.4 Å². The zero-order chi connectivity index (χ0) is 26.7. The molecule has 0 aromatic heterocycles. The molecule has 0 unspecified atom stereocenters. The molecule has 4 rings (SSSR count). The molecule has 0 radical (unpaired) electrons. The van der Waals surface area contributed by atoms with E-state index in [1.807, 2.05) is 24.3 Å². The molecule has 0 N–H and O–H groups in total. The molecule has 0 spiro atoms. The topological polar surface area (TPSA) is 65.1 Å². The van der Waals surface area contributed by atoms with E-state index in [1.54, 1.807) is 0 Å². The van der Waals surface area contributed by atoms with E-state index >= 15 is 0 Å². The van der Waals surface area contributed by atoms with Gasteiger partial charge in [0.15, 0.2) is 6.79 Å². The Hall–Kier alpha value is -2.64. The molecule has 1 atom stereocenters. The second-order valence-electron chi connectivity index (χ2n) is 11.2. The molecule has 1 fully saturated rings. The Labute approximate surface area is 222 Å². The van der Waals surface area contributed by atoms with Crippen LogP contribution in [0.2, 0.25) is 16.6 Å². The Morgan fingerprint density at radius 1 is 0.865 bits per heavy atom. The molecule has 0 bridgehead atoms. The Morgan fingerprint density at radius 3 is 1.95 bits per heavy atom. The Kier molecular flexibility index (Phi) is 8.44. The summed E-state index contributed by atoms with van der Waals surface area (Å²) >= 11 is 0. The van der Waals surface area contributed by atoms with Crippen molar-refractivity contribution in [3.8, 4) is 11.1 Å². The summed E-state index contributed by atoms with van der Waals surface area (Å²) in [4.78, 5) is 27.6. The summed E-state index contributed by atoms with van der Waals surface area (Å²) in [6.07, 6.45) is 0.856. The van der Waals surface area contributed by atoms with Crippen LogP contribution in [0.25, 0.3) is 11.1 Å². The highest BCUT2D eigenvalue weighted by Crippen LogP contribution is 2.45. The smallest absolute Gasteiger partial charge is 0.410 e. The Morgan fingerprint density at radius 2 is 1.41 bits per heavy atom. The highest BCUT2D eigenvalue weighted by Gasteiger charge is 2.46. The molecule has 7 heteroatoms. The summed E-state index contributed by atoms with van der Waals surface area (Å²) in [7, 11) is -2.14. The highest BCUT2D eigenvalue weighted by atomic mass is 28.4. The quantitative estimate of drug-likeness (QED) is 0.199. The molecule has 37 heavy (non-hydrogen) atoms. The maximum absolute atomic E-state index is 13.1. The number of hydrogen-bond acceptors (Lipinski definition) is 5. The van der Waals surface area contributed by atoms with Crippen LogP contribution in [0, 0.1) is 0 Å². The third-order valence-corrected chi connectivity index (χ3v) is 14.3. The monoisotopic (exact) mass is 523 g/mol. The molecule has 0 saturated carbocycles. The lowest BCUT2D eigenvalue weighted by Gasteiger charge is -2.41. The van der Waals surface area contributed by atoms with Crippen LogP contribution in [0.1, 0.15) is 71.4 Å². The number of esters is 1. The van der Waals surface area contributed by atoms with Gasteiger partial charge in [0.2, 0.25) is 8.32 Å². The summed E-state index contributed by atoms with van der Waals surface area (Å²) in [6, 6.07) is 15.9. The molecular formula is C30H41NO5Si. The van der Waals surface area contributed by atoms with E-state index in [0.29, 0.717) is 29.6 Å². The largest absolute Gasteiger partial charge is 0.448 e. The Balaban J connectivity index is 1.37. The fraction of sp³-hybridized carbons (Fsp3) is 0.533. The van der Waals surface area contributed by atoms with Crippen molar-refractivity contribution in [2.45, 2.75) is 83.0 Å². The molecular weight excluding hydrogens is 482 g/mol. The van der Waals surface area contributed by atoms with Gasteiger partial charge in [-0.15, -0.1) is 0 Å². The summed E-state index contributed by atoms with van der Waals surface area (Å²) in [5.74, 6) is -0.427. The maximum Gasteiger partial charge on any atom is 0.410 e. The number of likely N-dealkylation sites (tertiary alicyclic amines) is 1. The van der Waals surface area contributed by atoms with Crippen molar-refractivity contribution in [3.63, 3.8) is 0 Å². The van der Waals surface area contributed by atoms with Gasteiger partial charge in [-0.1, -0.05) is 90.1 Å². The van der Waals surface area contributed by atoms with Crippen molar-refractivity contribution >= 4 is 20.4 Å². The molecule has 1 aliphatic heterocycles. The van der Waals surface area contributed by atoms with Crippen LogP contribution >= 0.6 is 0 Å². The minimum Gasteiger partial charge on any atom is -0.448 e. The second-order valence-corrected chi connectivity index (χ2v) is 16.7. The van der Waals surface area contributed by atoms with Crippen molar-refractivity contribution in [1.82, 2.24) is 4.90 Å². The van der Waals surface area contributed by atoms with E-state index in [9.17, 15) is 9.59 Å². The number of ether oxygens (including phenoxy) is 2. The van der Waals surface area contributed by atoms with E-state index in [2.05, 4.69) is 65.8 Å². The van der Waals surface area contributed by atoms with Crippen molar-refractivity contribution in [2.75, 3.05) is 19.9 Å². The van der Waals surface area contributed by atoms with Gasteiger partial charge in [-0.05, 0) is 51.7 Å². The summed E-state index contributed by atoms with van der Waals surface area (Å²) < 4.78 is 17.8. The van der Waals surface area contributed by atoms with E-state index in [4.69, 9.17) is 13.9 Å². The average molecular weight is 524 g/mol. The van der Waals surface area contributed by atoms with Crippen LogP contribution in [0.15, 0.2) is 48.5 Å². The molecule has 2 aliphatic rings. The molecule has 1 saturated heterocycles. The highest BCUT2D eigenvalue weighted by molar-refractivity contribution is 6.77. The first-order valence-electron chi connectivity index (χ1n) is 13.6. The van der Waals surface area contributed by atoms with Crippen molar-refractivity contribution in [3.05, 3.63) is 59.7 Å². The van der Waals surface area contributed by atoms with Crippen LogP contribution in [0.3, 0.4) is 0 Å².